The number of ketones is 2. The van der Waals surface area contributed by atoms with Gasteiger partial charge in [-0.15, -0.1) is 0 Å². The van der Waals surface area contributed by atoms with Crippen LogP contribution in [0.2, 0.25) is 0 Å². The van der Waals surface area contributed by atoms with Crippen LogP contribution >= 0.6 is 11.8 Å². The Kier molecular flexibility index (Phi) is 7.79. The van der Waals surface area contributed by atoms with Crippen molar-refractivity contribution in [2.75, 3.05) is 18.2 Å². The van der Waals surface area contributed by atoms with E-state index in [1.165, 1.54) is 18.2 Å². The number of benzene rings is 3. The second-order valence-corrected chi connectivity index (χ2v) is 7.54. The molecule has 3 rings (SSSR count). The molecule has 3 aromatic carbocycles. The number of hydrogen-bond donors (Lipinski definition) is 1. The first kappa shape index (κ1) is 22.8. The molecule has 0 fully saturated rings. The molecule has 0 unspecified atom stereocenters. The fraction of sp³-hybridized carbons (Fsp3) is 0.0800. The molecule has 0 aliphatic rings. The number of Topliss-reactive ketones (excluding diaryl/α,β-unsaturated/α-hetero) is 2. The van der Waals surface area contributed by atoms with E-state index in [1.807, 2.05) is 6.07 Å². The highest BCUT2D eigenvalue weighted by Crippen LogP contribution is 2.27. The quantitative estimate of drug-likeness (QED) is 0.266. The molecule has 1 N–H and O–H groups in total. The molecule has 0 aliphatic carbocycles. The van der Waals surface area contributed by atoms with Crippen LogP contribution in [-0.2, 0) is 0 Å². The molecule has 0 radical (unpaired) electrons. The molecule has 5 nitrogen and oxygen atoms in total. The van der Waals surface area contributed by atoms with Crippen LogP contribution in [0, 0.1) is 17.1 Å². The van der Waals surface area contributed by atoms with Crippen molar-refractivity contribution in [3.63, 3.8) is 0 Å². The lowest BCUT2D eigenvalue weighted by Crippen LogP contribution is -2.12. The summed E-state index contributed by atoms with van der Waals surface area (Å²) in [4.78, 5) is 25.5. The van der Waals surface area contributed by atoms with Crippen molar-refractivity contribution in [1.29, 1.82) is 5.26 Å². The average molecular weight is 447 g/mol. The zero-order valence-electron chi connectivity index (χ0n) is 17.2. The second kappa shape index (κ2) is 10.9. The fourth-order valence-electron chi connectivity index (χ4n) is 2.82. The summed E-state index contributed by atoms with van der Waals surface area (Å²) in [6, 6.07) is 22.9. The molecule has 0 aromatic heterocycles. The first-order chi connectivity index (χ1) is 15.5. The number of nitriles is 1. The minimum absolute atomic E-state index is 0.0447. The number of rotatable bonds is 9. The van der Waals surface area contributed by atoms with E-state index in [0.29, 0.717) is 17.0 Å². The van der Waals surface area contributed by atoms with Crippen molar-refractivity contribution in [1.82, 2.24) is 0 Å². The number of methoxy groups -OCH3 is 1. The summed E-state index contributed by atoms with van der Waals surface area (Å²) >= 11 is 0.971. The Labute approximate surface area is 189 Å². The van der Waals surface area contributed by atoms with Crippen LogP contribution in [0.3, 0.4) is 0 Å². The van der Waals surface area contributed by atoms with Gasteiger partial charge in [-0.05, 0) is 36.4 Å². The number of carbonyl (C=O) groups excluding carboxylic acids is 2. The minimum Gasteiger partial charge on any atom is -0.497 e. The molecular weight excluding hydrogens is 427 g/mol. The van der Waals surface area contributed by atoms with Crippen LogP contribution in [0.4, 0.5) is 10.1 Å². The Morgan fingerprint density at radius 2 is 1.66 bits per heavy atom. The number of nitrogens with zero attached hydrogens (tertiary/aromatic N) is 1. The van der Waals surface area contributed by atoms with Gasteiger partial charge >= 0.3 is 0 Å². The Morgan fingerprint density at radius 3 is 2.28 bits per heavy atom. The number of hydrogen-bond acceptors (Lipinski definition) is 6. The predicted octanol–water partition coefficient (Wildman–Crippen LogP) is 5.48. The van der Waals surface area contributed by atoms with E-state index in [-0.39, 0.29) is 21.9 Å². The van der Waals surface area contributed by atoms with E-state index in [4.69, 9.17) is 4.74 Å². The monoisotopic (exact) mass is 446 g/mol. The number of thioether (sulfide) groups is 1. The van der Waals surface area contributed by atoms with Gasteiger partial charge in [0.25, 0.3) is 0 Å². The molecule has 3 aromatic rings. The van der Waals surface area contributed by atoms with Gasteiger partial charge in [-0.3, -0.25) is 9.59 Å². The Bertz CT molecular complexity index is 1190. The summed E-state index contributed by atoms with van der Waals surface area (Å²) in [5, 5.41) is 13.0. The number of allylic oxidation sites excluding steroid dienone is 1. The van der Waals surface area contributed by atoms with Crippen LogP contribution in [0.25, 0.3) is 0 Å². The number of nitrogens with one attached hydrogen (secondary N) is 1. The Hall–Kier alpha value is -3.89. The number of halogens is 1. The standard InChI is InChI=1S/C25H19FN2O3S/c1-31-19-13-11-18(12-14-19)28-25(21(15-27)24(30)17-7-3-2-4-8-17)32-16-23(29)20-9-5-6-10-22(20)26/h2-14,28H,16H2,1H3. The lowest BCUT2D eigenvalue weighted by atomic mass is 10.1. The smallest absolute Gasteiger partial charge is 0.206 e. The van der Waals surface area contributed by atoms with Crippen LogP contribution in [0.1, 0.15) is 20.7 Å². The van der Waals surface area contributed by atoms with Crippen molar-refractivity contribution < 1.29 is 18.7 Å². The van der Waals surface area contributed by atoms with Crippen molar-refractivity contribution in [2.24, 2.45) is 0 Å². The van der Waals surface area contributed by atoms with Gasteiger partial charge < -0.3 is 10.1 Å². The van der Waals surface area contributed by atoms with E-state index >= 15 is 0 Å². The number of ether oxygens (including phenoxy) is 1. The van der Waals surface area contributed by atoms with Crippen LogP contribution < -0.4 is 10.1 Å². The SMILES string of the molecule is COc1ccc(NC(SCC(=O)c2ccccc2F)=C(C#N)C(=O)c2ccccc2)cc1. The molecule has 0 saturated carbocycles. The van der Waals surface area contributed by atoms with Gasteiger partial charge in [0.1, 0.15) is 23.2 Å². The van der Waals surface area contributed by atoms with Gasteiger partial charge in [0.15, 0.2) is 5.78 Å². The van der Waals surface area contributed by atoms with E-state index in [9.17, 15) is 19.2 Å². The zero-order valence-corrected chi connectivity index (χ0v) is 18.0. The summed E-state index contributed by atoms with van der Waals surface area (Å²) < 4.78 is 19.1. The van der Waals surface area contributed by atoms with Gasteiger partial charge in [-0.25, -0.2) is 4.39 Å². The molecular formula is C25H19FN2O3S. The third-order valence-electron chi connectivity index (χ3n) is 4.47. The van der Waals surface area contributed by atoms with Crippen LogP contribution in [0.15, 0.2) is 89.5 Å². The van der Waals surface area contributed by atoms with Gasteiger partial charge in [0, 0.05) is 11.3 Å². The van der Waals surface area contributed by atoms with E-state index < -0.39 is 17.4 Å². The van der Waals surface area contributed by atoms with Gasteiger partial charge in [-0.1, -0.05) is 54.2 Å². The Balaban J connectivity index is 1.93. The van der Waals surface area contributed by atoms with Crippen molar-refractivity contribution in [2.45, 2.75) is 0 Å². The fourth-order valence-corrected chi connectivity index (χ4v) is 3.72. The molecule has 7 heteroatoms. The summed E-state index contributed by atoms with van der Waals surface area (Å²) in [7, 11) is 1.55. The van der Waals surface area contributed by atoms with Gasteiger partial charge in [-0.2, -0.15) is 5.26 Å². The summed E-state index contributed by atoms with van der Waals surface area (Å²) in [6.07, 6.45) is 0. The third kappa shape index (κ3) is 5.62. The molecule has 0 aliphatic heterocycles. The molecule has 0 spiro atoms. The van der Waals surface area contributed by atoms with Gasteiger partial charge in [0.2, 0.25) is 5.78 Å². The molecule has 0 saturated heterocycles. The minimum atomic E-state index is -0.618. The summed E-state index contributed by atoms with van der Waals surface area (Å²) in [6.45, 7) is 0. The van der Waals surface area contributed by atoms with E-state index in [2.05, 4.69) is 5.32 Å². The molecule has 32 heavy (non-hydrogen) atoms. The number of anilines is 1. The summed E-state index contributed by atoms with van der Waals surface area (Å²) in [5.41, 5.74) is 0.759. The molecule has 160 valence electrons. The predicted molar refractivity (Wildman–Crippen MR) is 123 cm³/mol. The van der Waals surface area contributed by atoms with E-state index in [1.54, 1.807) is 67.8 Å². The zero-order chi connectivity index (χ0) is 22.9. The topological polar surface area (TPSA) is 79.2 Å². The average Bonchev–Trinajstić information content (AvgIpc) is 2.83. The number of carbonyl (C=O) groups is 2. The van der Waals surface area contributed by atoms with Crippen LogP contribution in [-0.4, -0.2) is 24.4 Å². The molecule has 0 amide bonds. The first-order valence-corrected chi connectivity index (χ1v) is 10.6. The molecule has 0 bridgehead atoms. The van der Waals surface area contributed by atoms with Crippen molar-refractivity contribution in [3.05, 3.63) is 106 Å². The lowest BCUT2D eigenvalue weighted by Gasteiger charge is -2.13. The third-order valence-corrected chi connectivity index (χ3v) is 5.47. The second-order valence-electron chi connectivity index (χ2n) is 6.56. The van der Waals surface area contributed by atoms with Crippen LogP contribution in [0.5, 0.6) is 5.75 Å². The molecule has 0 heterocycles. The lowest BCUT2D eigenvalue weighted by molar-refractivity contribution is 0.101. The highest BCUT2D eigenvalue weighted by Gasteiger charge is 2.20. The Morgan fingerprint density at radius 1 is 1.00 bits per heavy atom. The van der Waals surface area contributed by atoms with Crippen molar-refractivity contribution in [3.8, 4) is 11.8 Å². The largest absolute Gasteiger partial charge is 0.497 e. The maximum Gasteiger partial charge on any atom is 0.206 e. The maximum atomic E-state index is 14.0. The highest BCUT2D eigenvalue weighted by molar-refractivity contribution is 8.03. The van der Waals surface area contributed by atoms with E-state index in [0.717, 1.165) is 11.8 Å². The van der Waals surface area contributed by atoms with Gasteiger partial charge in [0.05, 0.1) is 23.5 Å². The molecule has 0 atom stereocenters. The maximum absolute atomic E-state index is 14.0. The summed E-state index contributed by atoms with van der Waals surface area (Å²) in [5.74, 6) is -1.06. The normalized spacial score (nSPS) is 11.2. The highest BCUT2D eigenvalue weighted by atomic mass is 32.2. The van der Waals surface area contributed by atoms with Crippen molar-refractivity contribution >= 4 is 29.0 Å². The first-order valence-electron chi connectivity index (χ1n) is 9.59.